The van der Waals surface area contributed by atoms with Crippen LogP contribution in [0.3, 0.4) is 0 Å². The minimum atomic E-state index is -0.391. The molecule has 1 aromatic heterocycles. The summed E-state index contributed by atoms with van der Waals surface area (Å²) in [7, 11) is 1.69. The van der Waals surface area contributed by atoms with Crippen LogP contribution in [0.4, 0.5) is 15.8 Å². The maximum Gasteiger partial charge on any atom is 0.251 e. The number of para-hydroxylation sites is 1. The normalized spacial score (nSPS) is 11.1. The lowest BCUT2D eigenvalue weighted by atomic mass is 10.1. The summed E-state index contributed by atoms with van der Waals surface area (Å²) >= 11 is 1.46. The fourth-order valence-corrected chi connectivity index (χ4v) is 4.48. The van der Waals surface area contributed by atoms with Crippen molar-refractivity contribution in [1.82, 2.24) is 10.2 Å². The minimum Gasteiger partial charge on any atom is -0.398 e. The molecular formula is C29H38FN5O3S. The average molecular weight is 556 g/mol. The van der Waals surface area contributed by atoms with Crippen molar-refractivity contribution in [1.29, 1.82) is 5.41 Å². The highest BCUT2D eigenvalue weighted by Gasteiger charge is 2.23. The molecule has 4 rings (SSSR count). The van der Waals surface area contributed by atoms with Gasteiger partial charge in [0.15, 0.2) is 6.29 Å². The number of amides is 2. The van der Waals surface area contributed by atoms with Crippen LogP contribution in [0.5, 0.6) is 0 Å². The lowest BCUT2D eigenvalue weighted by Gasteiger charge is -2.27. The van der Waals surface area contributed by atoms with Gasteiger partial charge in [-0.1, -0.05) is 39.8 Å². The third-order valence-corrected chi connectivity index (χ3v) is 6.56. The minimum absolute atomic E-state index is 0.108. The number of carbonyl (C=O) groups excluding carboxylic acids is 3. The topological polar surface area (TPSA) is 128 Å². The van der Waals surface area contributed by atoms with Gasteiger partial charge in [-0.25, -0.2) is 4.39 Å². The highest BCUT2D eigenvalue weighted by Crippen LogP contribution is 2.27. The number of nitrogens with zero attached hydrogens (tertiary/aromatic N) is 1. The molecule has 3 aromatic rings. The van der Waals surface area contributed by atoms with E-state index in [0.29, 0.717) is 46.9 Å². The first kappa shape index (κ1) is 33.0. The molecule has 0 saturated heterocycles. The van der Waals surface area contributed by atoms with Gasteiger partial charge >= 0.3 is 0 Å². The Hall–Kier alpha value is -4.05. The van der Waals surface area contributed by atoms with Crippen LogP contribution in [0, 0.1) is 11.2 Å². The predicted molar refractivity (Wildman–Crippen MR) is 159 cm³/mol. The number of halogens is 1. The van der Waals surface area contributed by atoms with Gasteiger partial charge in [-0.2, -0.15) is 0 Å². The Labute approximate surface area is 233 Å². The number of carbonyl (C=O) groups is 3. The van der Waals surface area contributed by atoms with Crippen LogP contribution in [0.15, 0.2) is 48.5 Å². The molecule has 0 bridgehead atoms. The standard InChI is InChI=1S/C18H18N4O3S.C7H8FN.2C2H6/c19-7-12-5-11(1-2-15(12)20)18(25)21-8-17(24)22-4-3-16-13(9-22)6-14(10-23)26-16;1-9-7-5-3-2-4-6(7)8;2*1-2/h1-2,5-7,10,19H,3-4,8-9,20H2,(H,21,25);2-5,9H,1H3;2*1-2H3. The Morgan fingerprint density at radius 3 is 2.41 bits per heavy atom. The monoisotopic (exact) mass is 555 g/mol. The number of anilines is 2. The molecule has 0 saturated carbocycles. The Morgan fingerprint density at radius 2 is 1.82 bits per heavy atom. The molecule has 2 amide bonds. The molecule has 0 aliphatic carbocycles. The van der Waals surface area contributed by atoms with Gasteiger partial charge in [0.1, 0.15) is 5.82 Å². The second-order valence-corrected chi connectivity index (χ2v) is 8.85. The van der Waals surface area contributed by atoms with Crippen LogP contribution in [-0.2, 0) is 17.8 Å². The van der Waals surface area contributed by atoms with Gasteiger partial charge in [-0.05, 0) is 48.4 Å². The fourth-order valence-electron chi connectivity index (χ4n) is 3.50. The van der Waals surface area contributed by atoms with Crippen molar-refractivity contribution in [2.24, 2.45) is 0 Å². The molecule has 39 heavy (non-hydrogen) atoms. The summed E-state index contributed by atoms with van der Waals surface area (Å²) < 4.78 is 12.5. The summed E-state index contributed by atoms with van der Waals surface area (Å²) in [5, 5.41) is 12.6. The van der Waals surface area contributed by atoms with Crippen molar-refractivity contribution in [3.8, 4) is 0 Å². The Kier molecular flexibility index (Phi) is 14.8. The molecule has 10 heteroatoms. The van der Waals surface area contributed by atoms with Gasteiger partial charge < -0.3 is 26.7 Å². The summed E-state index contributed by atoms with van der Waals surface area (Å²) in [6.07, 6.45) is 2.62. The molecule has 210 valence electrons. The summed E-state index contributed by atoms with van der Waals surface area (Å²) in [5.41, 5.74) is 8.46. The third kappa shape index (κ3) is 9.64. The first-order valence-corrected chi connectivity index (χ1v) is 13.6. The molecule has 2 heterocycles. The Bertz CT molecular complexity index is 1250. The molecule has 0 radical (unpaired) electrons. The van der Waals surface area contributed by atoms with Crippen molar-refractivity contribution >= 4 is 47.0 Å². The van der Waals surface area contributed by atoms with Crippen LogP contribution in [0.1, 0.15) is 63.7 Å². The van der Waals surface area contributed by atoms with Gasteiger partial charge in [0.05, 0.1) is 17.1 Å². The number of nitrogen functional groups attached to an aromatic ring is 1. The van der Waals surface area contributed by atoms with Crippen LogP contribution < -0.4 is 16.4 Å². The van der Waals surface area contributed by atoms with Crippen molar-refractivity contribution in [3.63, 3.8) is 0 Å². The van der Waals surface area contributed by atoms with Crippen LogP contribution >= 0.6 is 11.3 Å². The average Bonchev–Trinajstić information content (AvgIpc) is 3.41. The van der Waals surface area contributed by atoms with Gasteiger partial charge in [-0.3, -0.25) is 14.4 Å². The molecule has 2 aromatic carbocycles. The van der Waals surface area contributed by atoms with Crippen molar-refractivity contribution < 1.29 is 18.8 Å². The van der Waals surface area contributed by atoms with Crippen LogP contribution in [0.25, 0.3) is 0 Å². The second-order valence-electron chi connectivity index (χ2n) is 7.68. The SMILES string of the molecule is CC.CC.CNc1ccccc1F.N=Cc1cc(C(=O)NCC(=O)N2CCc3sc(C=O)cc3C2)ccc1N. The lowest BCUT2D eigenvalue weighted by molar-refractivity contribution is -0.131. The largest absolute Gasteiger partial charge is 0.398 e. The van der Waals surface area contributed by atoms with Gasteiger partial charge in [0, 0.05) is 48.0 Å². The number of rotatable bonds is 6. The first-order valence-electron chi connectivity index (χ1n) is 12.8. The van der Waals surface area contributed by atoms with Crippen molar-refractivity contribution in [2.75, 3.05) is 31.2 Å². The fraction of sp³-hybridized carbons (Fsp3) is 0.310. The van der Waals surface area contributed by atoms with Crippen molar-refractivity contribution in [3.05, 3.63) is 80.8 Å². The summed E-state index contributed by atoms with van der Waals surface area (Å²) in [6.45, 7) is 8.91. The van der Waals surface area contributed by atoms with Crippen LogP contribution in [-0.4, -0.2) is 49.4 Å². The predicted octanol–water partition coefficient (Wildman–Crippen LogP) is 5.37. The number of nitrogens with one attached hydrogen (secondary N) is 3. The second kappa shape index (κ2) is 17.5. The molecular weight excluding hydrogens is 517 g/mol. The number of fused-ring (bicyclic) bond motifs is 1. The van der Waals surface area contributed by atoms with E-state index in [1.807, 2.05) is 33.8 Å². The lowest BCUT2D eigenvalue weighted by Crippen LogP contribution is -2.42. The highest BCUT2D eigenvalue weighted by molar-refractivity contribution is 7.13. The first-order chi connectivity index (χ1) is 18.9. The Balaban J connectivity index is 0.000000489. The van der Waals surface area contributed by atoms with E-state index >= 15 is 0 Å². The van der Waals surface area contributed by atoms with Crippen LogP contribution in [0.2, 0.25) is 0 Å². The zero-order chi connectivity index (χ0) is 29.4. The maximum absolute atomic E-state index is 12.5. The molecule has 0 fully saturated rings. The smallest absolute Gasteiger partial charge is 0.251 e. The third-order valence-electron chi connectivity index (χ3n) is 5.40. The quantitative estimate of drug-likeness (QED) is 0.185. The van der Waals surface area contributed by atoms with E-state index in [1.54, 1.807) is 42.3 Å². The van der Waals surface area contributed by atoms with Gasteiger partial charge in [0.25, 0.3) is 5.91 Å². The highest BCUT2D eigenvalue weighted by atomic mass is 32.1. The molecule has 0 unspecified atom stereocenters. The number of benzene rings is 2. The maximum atomic E-state index is 12.5. The van der Waals surface area contributed by atoms with E-state index < -0.39 is 5.91 Å². The van der Waals surface area contributed by atoms with Gasteiger partial charge in [0.2, 0.25) is 5.91 Å². The van der Waals surface area contributed by atoms with E-state index in [2.05, 4.69) is 10.6 Å². The van der Waals surface area contributed by atoms with E-state index in [4.69, 9.17) is 11.1 Å². The Morgan fingerprint density at radius 1 is 1.13 bits per heavy atom. The molecule has 5 N–H and O–H groups in total. The van der Waals surface area contributed by atoms with E-state index in [-0.39, 0.29) is 18.3 Å². The number of hydrogen-bond donors (Lipinski definition) is 4. The number of nitrogens with two attached hydrogens (primary N) is 1. The zero-order valence-corrected chi connectivity index (χ0v) is 24.0. The zero-order valence-electron chi connectivity index (χ0n) is 23.1. The number of hydrogen-bond acceptors (Lipinski definition) is 7. The van der Waals surface area contributed by atoms with Gasteiger partial charge in [-0.15, -0.1) is 11.3 Å². The molecule has 0 atom stereocenters. The molecule has 8 nitrogen and oxygen atoms in total. The molecule has 1 aliphatic heterocycles. The van der Waals surface area contributed by atoms with E-state index in [0.717, 1.165) is 22.9 Å². The summed E-state index contributed by atoms with van der Waals surface area (Å²) in [6, 6.07) is 13.0. The van der Waals surface area contributed by atoms with E-state index in [9.17, 15) is 18.8 Å². The molecule has 1 aliphatic rings. The van der Waals surface area contributed by atoms with E-state index in [1.165, 1.54) is 23.5 Å². The molecule has 0 spiro atoms. The summed E-state index contributed by atoms with van der Waals surface area (Å²) in [5.74, 6) is -0.775. The summed E-state index contributed by atoms with van der Waals surface area (Å²) in [4.78, 5) is 39.0. The van der Waals surface area contributed by atoms with Crippen molar-refractivity contribution in [2.45, 2.75) is 40.7 Å². The number of thiophene rings is 1. The number of aldehydes is 1.